The predicted octanol–water partition coefficient (Wildman–Crippen LogP) is 27.4. The van der Waals surface area contributed by atoms with E-state index in [1.165, 1.54) is 77.2 Å². The van der Waals surface area contributed by atoms with Gasteiger partial charge in [0, 0.05) is 0 Å². The topological polar surface area (TPSA) is 60.5 Å². The number of nitrogens with zero attached hydrogens (tertiary/aromatic N) is 6. The minimum atomic E-state index is 0.0787. The molecule has 10 heteroatoms. The van der Waals surface area contributed by atoms with Crippen LogP contribution in [0.3, 0.4) is 0 Å². The summed E-state index contributed by atoms with van der Waals surface area (Å²) < 4.78 is 11.1. The van der Waals surface area contributed by atoms with Crippen molar-refractivity contribution in [2.45, 2.75) is 0 Å². The number of nitriles is 2. The molecule has 6 heterocycles. The Morgan fingerprint density at radius 1 is 0.202 bits per heavy atom. The zero-order chi connectivity index (χ0) is 75.2. The van der Waals surface area contributed by atoms with Crippen LogP contribution in [-0.2, 0) is 0 Å². The molecule has 2 aliphatic heterocycles. The van der Waals surface area contributed by atoms with Crippen LogP contribution in [0.15, 0.2) is 364 Å². The molecule has 0 saturated heterocycles. The molecule has 0 atom stereocenters. The van der Waals surface area contributed by atoms with Crippen LogP contribution in [0.5, 0.6) is 0 Å². The molecule has 0 aliphatic carbocycles. The SMILES string of the molecule is N#Cc1cccc(-c2ccc3c(c2)N(c2c(-c4ccc5c(c4)[se]c4ccccc45)cccc2-c2ccc4c(c2)[se]c2ccccc24)c2cc(N(c4ccccc4)c4ccccc4)cc4c2N3c2ccc(-c3cccc(C#N)c3)cc2N4c2c(-c3ccc4c(c3)[se]c3ccccc34)cccc2-c2ccc3c(c2)[se]c2ccccc23)c1. The Labute approximate surface area is 681 Å². The third-order valence-electron chi connectivity index (χ3n) is 22.9. The Hall–Kier alpha value is -13.0. The molecule has 6 nitrogen and oxygen atoms in total. The summed E-state index contributed by atoms with van der Waals surface area (Å²) >= 11 is 0.315. The van der Waals surface area contributed by atoms with Crippen molar-refractivity contribution in [2.24, 2.45) is 0 Å². The molecule has 21 aromatic rings. The summed E-state index contributed by atoms with van der Waals surface area (Å²) in [5, 5.41) is 31.8. The summed E-state index contributed by atoms with van der Waals surface area (Å²) in [5.74, 6) is 0. The fraction of sp³-hybridized carbons (Fsp3) is 0. The minimum absolute atomic E-state index is 0.0787. The van der Waals surface area contributed by atoms with Gasteiger partial charge in [0.15, 0.2) is 0 Å². The summed E-state index contributed by atoms with van der Waals surface area (Å²) in [5.41, 5.74) is 25.8. The maximum absolute atomic E-state index is 10.7. The monoisotopic (exact) mass is 1710 g/mol. The van der Waals surface area contributed by atoms with Crippen LogP contribution in [0.1, 0.15) is 11.1 Å². The molecule has 0 amide bonds. The first kappa shape index (κ1) is 66.8. The van der Waals surface area contributed by atoms with Crippen LogP contribution in [0.25, 0.3) is 144 Å². The van der Waals surface area contributed by atoms with E-state index in [2.05, 4.69) is 359 Å². The number of anilines is 12. The van der Waals surface area contributed by atoms with E-state index in [-0.39, 0.29) is 58.0 Å². The molecule has 0 unspecified atom stereocenters. The van der Waals surface area contributed by atoms with Crippen LogP contribution in [0.4, 0.5) is 68.2 Å². The summed E-state index contributed by atoms with van der Waals surface area (Å²) in [6.45, 7) is 0. The maximum atomic E-state index is 10.7. The zero-order valence-corrected chi connectivity index (χ0v) is 67.8. The second-order valence-corrected chi connectivity index (χ2v) is 38.4. The van der Waals surface area contributed by atoms with Crippen molar-refractivity contribution in [1.29, 1.82) is 10.5 Å². The van der Waals surface area contributed by atoms with Gasteiger partial charge in [-0.15, -0.1) is 0 Å². The summed E-state index contributed by atoms with van der Waals surface area (Å²) in [6.07, 6.45) is 0. The number of hydrogen-bond donors (Lipinski definition) is 0. The summed E-state index contributed by atoms with van der Waals surface area (Å²) in [7, 11) is 0. The van der Waals surface area contributed by atoms with Crippen molar-refractivity contribution in [3.05, 3.63) is 375 Å². The van der Waals surface area contributed by atoms with E-state index < -0.39 is 0 Å². The molecule has 0 fully saturated rings. The fourth-order valence-electron chi connectivity index (χ4n) is 17.8. The van der Waals surface area contributed by atoms with Crippen LogP contribution >= 0.6 is 0 Å². The third-order valence-corrected chi connectivity index (χ3v) is 32.4. The summed E-state index contributed by atoms with van der Waals surface area (Å²) in [6, 6.07) is 141. The number of fused-ring (bicyclic) bond motifs is 16. The first-order valence-corrected chi connectivity index (χ1v) is 45.0. The van der Waals surface area contributed by atoms with E-state index in [0.717, 1.165) is 135 Å². The molecule has 114 heavy (non-hydrogen) atoms. The van der Waals surface area contributed by atoms with Gasteiger partial charge in [0.1, 0.15) is 0 Å². The average Bonchev–Trinajstić information content (AvgIpc) is 0.855. The van der Waals surface area contributed by atoms with E-state index in [9.17, 15) is 10.5 Å². The molecule has 0 radical (unpaired) electrons. The molecule has 23 rings (SSSR count). The Morgan fingerprint density at radius 3 is 0.851 bits per heavy atom. The summed E-state index contributed by atoms with van der Waals surface area (Å²) in [4.78, 5) is 10.3. The van der Waals surface area contributed by atoms with Crippen LogP contribution < -0.4 is 19.6 Å². The molecule has 0 N–H and O–H groups in total. The average molecular weight is 1710 g/mol. The molecule has 530 valence electrons. The van der Waals surface area contributed by atoms with E-state index >= 15 is 0 Å². The van der Waals surface area contributed by atoms with Crippen molar-refractivity contribution in [3.8, 4) is 78.9 Å². The molecule has 17 aromatic carbocycles. The standard InChI is InChI=1S/C104H60N6Se4/c105-61-63-19-15-21-65(51-63)67-43-49-88-90(53-67)109(102-76(69-39-45-84-80-27-7-11-35-94(80)111-98(84)55-69)31-17-32-77(102)70-40-46-85-81-28-8-12-36-95(81)112-99(85)56-70)92-59-75(107(73-23-3-1-4-24-73)74-25-5-2-6-26-74)60-93-104(92)108(88)89-50-44-68(66-22-16-20-64(52-66)62-106)54-91(89)110(93)103-78(71-41-47-86-82-29-9-13-37-96(82)113-100(86)57-71)33-18-34-79(103)72-42-48-87-83-30-10-14-38-97(83)114-101(87)58-72/h1-60H. The second kappa shape index (κ2) is 26.9. The van der Waals surface area contributed by atoms with Crippen molar-refractivity contribution >= 4 is 203 Å². The van der Waals surface area contributed by atoms with E-state index in [1.807, 2.05) is 36.4 Å². The quantitative estimate of drug-likeness (QED) is 0.120. The van der Waals surface area contributed by atoms with Gasteiger partial charge in [0.2, 0.25) is 0 Å². The van der Waals surface area contributed by atoms with Gasteiger partial charge >= 0.3 is 616 Å². The van der Waals surface area contributed by atoms with Crippen LogP contribution in [0.2, 0.25) is 0 Å². The number of para-hydroxylation sites is 4. The van der Waals surface area contributed by atoms with Gasteiger partial charge in [-0.3, -0.25) is 0 Å². The van der Waals surface area contributed by atoms with E-state index in [1.54, 1.807) is 0 Å². The van der Waals surface area contributed by atoms with Gasteiger partial charge in [-0.1, -0.05) is 36.4 Å². The van der Waals surface area contributed by atoms with Gasteiger partial charge in [0.25, 0.3) is 0 Å². The van der Waals surface area contributed by atoms with Crippen molar-refractivity contribution in [1.82, 2.24) is 0 Å². The molecular formula is C104H60N6Se4. The molecule has 0 spiro atoms. The van der Waals surface area contributed by atoms with Gasteiger partial charge in [-0.05, 0) is 12.1 Å². The molecule has 2 aliphatic rings. The Kier molecular flexibility index (Phi) is 15.7. The Bertz CT molecular complexity index is 6990. The van der Waals surface area contributed by atoms with Crippen molar-refractivity contribution < 1.29 is 0 Å². The Balaban J connectivity index is 0.890. The van der Waals surface area contributed by atoms with Gasteiger partial charge in [-0.25, -0.2) is 0 Å². The third kappa shape index (κ3) is 10.8. The normalized spacial score (nSPS) is 12.3. The molecular weight excluding hydrogens is 1650 g/mol. The van der Waals surface area contributed by atoms with E-state index in [4.69, 9.17) is 0 Å². The Morgan fingerprint density at radius 2 is 0.500 bits per heavy atom. The van der Waals surface area contributed by atoms with Crippen LogP contribution in [0, 0.1) is 22.7 Å². The first-order valence-electron chi connectivity index (χ1n) is 38.1. The van der Waals surface area contributed by atoms with E-state index in [0.29, 0.717) is 11.1 Å². The van der Waals surface area contributed by atoms with Crippen molar-refractivity contribution in [3.63, 3.8) is 0 Å². The van der Waals surface area contributed by atoms with Gasteiger partial charge in [0.05, 0.1) is 12.1 Å². The second-order valence-electron chi connectivity index (χ2n) is 29.3. The first-order chi connectivity index (χ1) is 56.4. The molecule has 0 bridgehead atoms. The number of benzene rings is 17. The molecule has 0 saturated carbocycles. The zero-order valence-electron chi connectivity index (χ0n) is 61.0. The number of hydrogen-bond acceptors (Lipinski definition) is 6. The van der Waals surface area contributed by atoms with Crippen molar-refractivity contribution in [2.75, 3.05) is 19.6 Å². The van der Waals surface area contributed by atoms with Gasteiger partial charge < -0.3 is 0 Å². The number of rotatable bonds is 11. The fourth-order valence-corrected chi connectivity index (χ4v) is 27.4. The predicted molar refractivity (Wildman–Crippen MR) is 482 cm³/mol. The van der Waals surface area contributed by atoms with Crippen LogP contribution in [-0.4, -0.2) is 58.0 Å². The van der Waals surface area contributed by atoms with Gasteiger partial charge in [-0.2, -0.15) is 10.5 Å². The molecule has 4 aromatic heterocycles.